The third-order valence-corrected chi connectivity index (χ3v) is 8.80. The molecule has 5 nitrogen and oxygen atoms in total. The number of allylic oxidation sites excluding steroid dienone is 8. The van der Waals surface area contributed by atoms with E-state index < -0.39 is 0 Å². The SMILES string of the molecule is CCCCC/C=C\C/C=C\CCCCCCCC(=O)O[C@@H]1C(CN(C)C)[C@@H]1OC(=O)CCCCCCC/C=C\C/C=C\CCCCC. The minimum absolute atomic E-state index is 0.0760. The van der Waals surface area contributed by atoms with E-state index in [0.29, 0.717) is 12.8 Å². The number of carbonyl (C=O) groups is 2. The predicted octanol–water partition coefficient (Wildman–Crippen LogP) is 11.6. The van der Waals surface area contributed by atoms with E-state index in [1.54, 1.807) is 0 Å². The molecular formula is C42H73NO4. The molecule has 1 fully saturated rings. The van der Waals surface area contributed by atoms with Crippen molar-refractivity contribution in [2.45, 2.75) is 180 Å². The summed E-state index contributed by atoms with van der Waals surface area (Å²) < 4.78 is 11.5. The van der Waals surface area contributed by atoms with Gasteiger partial charge in [-0.1, -0.05) is 127 Å². The Kier molecular flexibility index (Phi) is 28.4. The first kappa shape index (κ1) is 42.9. The van der Waals surface area contributed by atoms with Crippen LogP contribution in [0.4, 0.5) is 0 Å². The van der Waals surface area contributed by atoms with Crippen LogP contribution >= 0.6 is 0 Å². The molecule has 0 saturated heterocycles. The molecule has 3 atom stereocenters. The molecule has 0 radical (unpaired) electrons. The largest absolute Gasteiger partial charge is 0.458 e. The van der Waals surface area contributed by atoms with Crippen LogP contribution in [-0.2, 0) is 19.1 Å². The van der Waals surface area contributed by atoms with Crippen LogP contribution in [0.2, 0.25) is 0 Å². The van der Waals surface area contributed by atoms with E-state index in [2.05, 4.69) is 67.4 Å². The number of hydrogen-bond donors (Lipinski definition) is 0. The number of nitrogens with zero attached hydrogens (tertiary/aromatic N) is 1. The molecule has 0 amide bonds. The van der Waals surface area contributed by atoms with Gasteiger partial charge in [-0.3, -0.25) is 9.59 Å². The van der Waals surface area contributed by atoms with Crippen molar-refractivity contribution in [3.05, 3.63) is 48.6 Å². The van der Waals surface area contributed by atoms with Crippen LogP contribution in [0.5, 0.6) is 0 Å². The second-order valence-corrected chi connectivity index (χ2v) is 13.8. The molecule has 270 valence electrons. The van der Waals surface area contributed by atoms with E-state index in [4.69, 9.17) is 9.47 Å². The summed E-state index contributed by atoms with van der Waals surface area (Å²) in [6, 6.07) is 0. The van der Waals surface area contributed by atoms with Gasteiger partial charge in [-0.2, -0.15) is 0 Å². The summed E-state index contributed by atoms with van der Waals surface area (Å²) in [6.07, 6.45) is 44.2. The highest BCUT2D eigenvalue weighted by atomic mass is 16.6. The summed E-state index contributed by atoms with van der Waals surface area (Å²) in [5, 5.41) is 0. The first-order chi connectivity index (χ1) is 23.0. The molecule has 0 N–H and O–H groups in total. The topological polar surface area (TPSA) is 55.8 Å². The summed E-state index contributed by atoms with van der Waals surface area (Å²) in [4.78, 5) is 27.1. The van der Waals surface area contributed by atoms with Crippen LogP contribution in [-0.4, -0.2) is 49.7 Å². The van der Waals surface area contributed by atoms with Crippen LogP contribution in [0.15, 0.2) is 48.6 Å². The summed E-state index contributed by atoms with van der Waals surface area (Å²) in [7, 11) is 4.00. The standard InChI is InChI=1S/C42H73NO4/c1-5-7-9-11-13-15-17-19-21-23-25-27-29-31-33-35-39(44)46-41-38(37-43(3)4)42(41)47-40(45)36-34-32-30-28-26-24-22-20-18-16-14-12-10-8-6-2/h13-16,19-22,38,41-42H,5-12,17-18,23-37H2,1-4H3/b15-13-,16-14-,21-19-,22-20-/t38?,41-,42+. The van der Waals surface area contributed by atoms with Gasteiger partial charge in [0, 0.05) is 19.4 Å². The van der Waals surface area contributed by atoms with E-state index in [9.17, 15) is 9.59 Å². The van der Waals surface area contributed by atoms with Gasteiger partial charge in [-0.05, 0) is 91.1 Å². The highest BCUT2D eigenvalue weighted by Gasteiger charge is 2.56. The Bertz CT molecular complexity index is 808. The average Bonchev–Trinajstić information content (AvgIpc) is 3.67. The molecule has 0 aliphatic heterocycles. The molecule has 1 rings (SSSR count). The lowest BCUT2D eigenvalue weighted by Gasteiger charge is -2.08. The van der Waals surface area contributed by atoms with Crippen LogP contribution in [0.3, 0.4) is 0 Å². The Morgan fingerprint density at radius 2 is 0.830 bits per heavy atom. The maximum atomic E-state index is 12.5. The fourth-order valence-electron chi connectivity index (χ4n) is 5.83. The Balaban J connectivity index is 2.08. The zero-order valence-corrected chi connectivity index (χ0v) is 31.1. The molecule has 0 aromatic carbocycles. The monoisotopic (exact) mass is 656 g/mol. The van der Waals surface area contributed by atoms with Gasteiger partial charge in [0.1, 0.15) is 12.2 Å². The molecule has 5 heteroatoms. The molecule has 0 aromatic heterocycles. The summed E-state index contributed by atoms with van der Waals surface area (Å²) in [5.74, 6) is -0.236. The summed E-state index contributed by atoms with van der Waals surface area (Å²) in [5.41, 5.74) is 0. The smallest absolute Gasteiger partial charge is 0.306 e. The summed E-state index contributed by atoms with van der Waals surface area (Å²) >= 11 is 0. The van der Waals surface area contributed by atoms with Crippen molar-refractivity contribution < 1.29 is 19.1 Å². The van der Waals surface area contributed by atoms with Gasteiger partial charge < -0.3 is 14.4 Å². The fraction of sp³-hybridized carbons (Fsp3) is 0.762. The summed E-state index contributed by atoms with van der Waals surface area (Å²) in [6.45, 7) is 5.24. The average molecular weight is 656 g/mol. The maximum Gasteiger partial charge on any atom is 0.306 e. The highest BCUT2D eigenvalue weighted by molar-refractivity contribution is 5.71. The minimum Gasteiger partial charge on any atom is -0.458 e. The van der Waals surface area contributed by atoms with E-state index in [0.717, 1.165) is 70.8 Å². The first-order valence-corrected chi connectivity index (χ1v) is 19.6. The quantitative estimate of drug-likeness (QED) is 0.0410. The van der Waals surface area contributed by atoms with E-state index in [1.807, 2.05) is 14.1 Å². The second-order valence-electron chi connectivity index (χ2n) is 13.8. The molecule has 1 aliphatic rings. The molecule has 0 heterocycles. The van der Waals surface area contributed by atoms with Crippen molar-refractivity contribution >= 4 is 11.9 Å². The molecule has 47 heavy (non-hydrogen) atoms. The van der Waals surface area contributed by atoms with Crippen molar-refractivity contribution in [1.82, 2.24) is 4.90 Å². The van der Waals surface area contributed by atoms with Gasteiger partial charge in [-0.15, -0.1) is 0 Å². The molecule has 1 saturated carbocycles. The lowest BCUT2D eigenvalue weighted by atomic mass is 10.1. The zero-order chi connectivity index (χ0) is 34.2. The van der Waals surface area contributed by atoms with Crippen LogP contribution in [0.1, 0.15) is 168 Å². The van der Waals surface area contributed by atoms with Crippen LogP contribution in [0.25, 0.3) is 0 Å². The van der Waals surface area contributed by atoms with E-state index in [-0.39, 0.29) is 30.1 Å². The third kappa shape index (κ3) is 26.5. The van der Waals surface area contributed by atoms with Gasteiger partial charge in [0.2, 0.25) is 0 Å². The first-order valence-electron chi connectivity index (χ1n) is 19.6. The van der Waals surface area contributed by atoms with Gasteiger partial charge in [-0.25, -0.2) is 0 Å². The van der Waals surface area contributed by atoms with Gasteiger partial charge >= 0.3 is 11.9 Å². The third-order valence-electron chi connectivity index (χ3n) is 8.80. The van der Waals surface area contributed by atoms with Gasteiger partial charge in [0.05, 0.1) is 5.92 Å². The van der Waals surface area contributed by atoms with Crippen LogP contribution in [0, 0.1) is 5.92 Å². The Hall–Kier alpha value is -2.14. The molecule has 0 spiro atoms. The normalized spacial score (nSPS) is 18.0. The van der Waals surface area contributed by atoms with Crippen LogP contribution < -0.4 is 0 Å². The van der Waals surface area contributed by atoms with Crippen molar-refractivity contribution in [2.24, 2.45) is 5.92 Å². The highest BCUT2D eigenvalue weighted by Crippen LogP contribution is 2.39. The lowest BCUT2D eigenvalue weighted by molar-refractivity contribution is -0.152. The lowest BCUT2D eigenvalue weighted by Crippen LogP contribution is -2.18. The molecular weight excluding hydrogens is 582 g/mol. The number of unbranched alkanes of at least 4 members (excludes halogenated alkanes) is 16. The van der Waals surface area contributed by atoms with E-state index >= 15 is 0 Å². The zero-order valence-electron chi connectivity index (χ0n) is 31.1. The van der Waals surface area contributed by atoms with Gasteiger partial charge in [0.15, 0.2) is 0 Å². The Labute approximate surface area is 290 Å². The van der Waals surface area contributed by atoms with Crippen molar-refractivity contribution in [2.75, 3.05) is 20.6 Å². The second kappa shape index (κ2) is 31.1. The van der Waals surface area contributed by atoms with Gasteiger partial charge in [0.25, 0.3) is 0 Å². The maximum absolute atomic E-state index is 12.5. The molecule has 1 aliphatic carbocycles. The number of hydrogen-bond acceptors (Lipinski definition) is 5. The number of rotatable bonds is 32. The van der Waals surface area contributed by atoms with Crippen molar-refractivity contribution in [1.29, 1.82) is 0 Å². The number of carbonyl (C=O) groups excluding carboxylic acids is 2. The fourth-order valence-corrected chi connectivity index (χ4v) is 5.83. The van der Waals surface area contributed by atoms with E-state index in [1.165, 1.54) is 77.0 Å². The molecule has 0 aromatic rings. The predicted molar refractivity (Wildman–Crippen MR) is 201 cm³/mol. The molecule has 0 bridgehead atoms. The molecule has 1 unspecified atom stereocenters. The minimum atomic E-state index is -0.295. The van der Waals surface area contributed by atoms with Crippen molar-refractivity contribution in [3.63, 3.8) is 0 Å². The number of ether oxygens (including phenoxy) is 2. The number of esters is 2. The Morgan fingerprint density at radius 3 is 1.19 bits per heavy atom. The van der Waals surface area contributed by atoms with Crippen molar-refractivity contribution in [3.8, 4) is 0 Å². The Morgan fingerprint density at radius 1 is 0.489 bits per heavy atom.